The summed E-state index contributed by atoms with van der Waals surface area (Å²) in [5, 5.41) is 20.1. The average molecular weight is 514 g/mol. The Morgan fingerprint density at radius 1 is 1.13 bits per heavy atom. The molecule has 194 valence electrons. The molecule has 38 heavy (non-hydrogen) atoms. The monoisotopic (exact) mass is 513 g/mol. The van der Waals surface area contributed by atoms with Crippen molar-refractivity contribution in [2.24, 2.45) is 27.1 Å². The van der Waals surface area contributed by atoms with E-state index in [2.05, 4.69) is 30.8 Å². The van der Waals surface area contributed by atoms with Crippen molar-refractivity contribution in [1.82, 2.24) is 10.4 Å². The van der Waals surface area contributed by atoms with Gasteiger partial charge in [0.25, 0.3) is 0 Å². The Morgan fingerprint density at radius 3 is 2.79 bits per heavy atom. The van der Waals surface area contributed by atoms with Crippen molar-refractivity contribution in [2.45, 2.75) is 13.0 Å². The zero-order valence-corrected chi connectivity index (χ0v) is 20.4. The lowest BCUT2D eigenvalue weighted by Gasteiger charge is -2.11. The molecule has 1 heterocycles. The van der Waals surface area contributed by atoms with Gasteiger partial charge in [-0.25, -0.2) is 0 Å². The fourth-order valence-electron chi connectivity index (χ4n) is 3.17. The predicted molar refractivity (Wildman–Crippen MR) is 145 cm³/mol. The molecule has 6 N–H and O–H groups in total. The number of rotatable bonds is 13. The molecule has 0 aliphatic heterocycles. The van der Waals surface area contributed by atoms with Gasteiger partial charge in [0.15, 0.2) is 6.73 Å². The average Bonchev–Trinajstić information content (AvgIpc) is 2.94. The van der Waals surface area contributed by atoms with Crippen LogP contribution in [-0.4, -0.2) is 16.8 Å². The number of nitrogens with two attached hydrogens (primary N) is 2. The summed E-state index contributed by atoms with van der Waals surface area (Å²) in [6.07, 6.45) is 11.5. The summed E-state index contributed by atoms with van der Waals surface area (Å²) in [4.78, 5) is 6.96. The van der Waals surface area contributed by atoms with Crippen molar-refractivity contribution in [3.8, 4) is 17.2 Å². The van der Waals surface area contributed by atoms with Gasteiger partial charge in [0.05, 0.1) is 5.69 Å². The molecule has 0 unspecified atom stereocenters. The lowest BCUT2D eigenvalue weighted by atomic mass is 10.1. The van der Waals surface area contributed by atoms with Gasteiger partial charge in [0, 0.05) is 28.4 Å². The Morgan fingerprint density at radius 2 is 2.03 bits per heavy atom. The fraction of sp³-hybridized carbons (Fsp3) is 0.115. The van der Waals surface area contributed by atoms with Gasteiger partial charge in [-0.3, -0.25) is 10.8 Å². The van der Waals surface area contributed by atoms with E-state index < -0.39 is 0 Å². The number of hydrogen-bond acceptors (Lipinski definition) is 9. The number of nitrogens with zero attached hydrogens (tertiary/aromatic N) is 6. The van der Waals surface area contributed by atoms with Crippen molar-refractivity contribution in [2.75, 3.05) is 6.73 Å². The minimum atomic E-state index is -0.154. The van der Waals surface area contributed by atoms with E-state index >= 15 is 0 Å². The molecule has 0 radical (unpaired) electrons. The van der Waals surface area contributed by atoms with Crippen LogP contribution in [0, 0.1) is 0 Å². The molecule has 2 aromatic carbocycles. The molecular weight excluding hydrogens is 486 g/mol. The number of ether oxygens (including phenoxy) is 2. The molecule has 0 saturated heterocycles. The van der Waals surface area contributed by atoms with Crippen LogP contribution in [0.3, 0.4) is 0 Å². The first-order valence-electron chi connectivity index (χ1n) is 11.4. The third-order valence-electron chi connectivity index (χ3n) is 5.00. The van der Waals surface area contributed by atoms with Crippen molar-refractivity contribution < 1.29 is 14.6 Å². The lowest BCUT2D eigenvalue weighted by molar-refractivity contribution is 0.294. The molecule has 0 amide bonds. The van der Waals surface area contributed by atoms with Gasteiger partial charge in [-0.2, -0.15) is 0 Å². The van der Waals surface area contributed by atoms with Crippen LogP contribution in [0.1, 0.15) is 23.2 Å². The molecule has 0 saturated carbocycles. The summed E-state index contributed by atoms with van der Waals surface area (Å²) in [7, 11) is 0. The number of phenolic OH excluding ortho intramolecular Hbond substituents is 1. The number of phenols is 1. The molecule has 12 heteroatoms. The second-order valence-corrected chi connectivity index (χ2v) is 7.55. The highest BCUT2D eigenvalue weighted by molar-refractivity contribution is 5.62. The molecule has 0 aliphatic carbocycles. The first kappa shape index (κ1) is 27.3. The van der Waals surface area contributed by atoms with Gasteiger partial charge in [0.1, 0.15) is 29.5 Å². The van der Waals surface area contributed by atoms with E-state index in [0.717, 1.165) is 16.8 Å². The Balaban J connectivity index is 1.67. The van der Waals surface area contributed by atoms with Crippen LogP contribution in [0.15, 0.2) is 100 Å². The number of hydrogen-bond donors (Lipinski definition) is 4. The van der Waals surface area contributed by atoms with Gasteiger partial charge >= 0.3 is 0 Å². The Bertz CT molecular complexity index is 1370. The zero-order chi connectivity index (χ0) is 27.0. The van der Waals surface area contributed by atoms with E-state index in [1.807, 2.05) is 48.6 Å². The highest BCUT2D eigenvalue weighted by Gasteiger charge is 2.05. The number of aromatic hydroxyl groups is 1. The number of azide groups is 1. The number of nitrogens with one attached hydrogen (secondary N) is 1. The number of hydrazine groups is 1. The highest BCUT2D eigenvalue weighted by Crippen LogP contribution is 2.28. The molecular formula is C26H27N9O3. The van der Waals surface area contributed by atoms with Crippen LogP contribution in [-0.2, 0) is 6.61 Å². The third-order valence-corrected chi connectivity index (χ3v) is 5.00. The van der Waals surface area contributed by atoms with E-state index in [-0.39, 0.29) is 18.2 Å². The van der Waals surface area contributed by atoms with E-state index in [9.17, 15) is 5.11 Å². The number of aromatic nitrogens is 1. The minimum absolute atomic E-state index is 0.0234. The Hall–Kier alpha value is -5.32. The van der Waals surface area contributed by atoms with Crippen molar-refractivity contribution in [3.63, 3.8) is 0 Å². The summed E-state index contributed by atoms with van der Waals surface area (Å²) in [5.74, 6) is 11.8. The molecule has 0 bridgehead atoms. The molecule has 1 aromatic heterocycles. The van der Waals surface area contributed by atoms with Crippen LogP contribution in [0.4, 0.5) is 5.69 Å². The van der Waals surface area contributed by atoms with Crippen LogP contribution in [0.2, 0.25) is 0 Å². The third kappa shape index (κ3) is 8.72. The van der Waals surface area contributed by atoms with Crippen molar-refractivity contribution in [3.05, 3.63) is 112 Å². The van der Waals surface area contributed by atoms with E-state index in [4.69, 9.17) is 26.7 Å². The number of allylic oxidation sites excluding steroid dienone is 3. The lowest BCUT2D eigenvalue weighted by Crippen LogP contribution is -2.19. The summed E-state index contributed by atoms with van der Waals surface area (Å²) in [6, 6.07) is 15.9. The van der Waals surface area contributed by atoms with Crippen LogP contribution >= 0.6 is 0 Å². The molecule has 0 spiro atoms. The predicted octanol–water partition coefficient (Wildman–Crippen LogP) is 5.43. The van der Waals surface area contributed by atoms with Crippen LogP contribution in [0.5, 0.6) is 17.2 Å². The summed E-state index contributed by atoms with van der Waals surface area (Å²) in [5.41, 5.74) is 14.5. The van der Waals surface area contributed by atoms with Crippen molar-refractivity contribution in [1.29, 1.82) is 0 Å². The molecule has 0 fully saturated rings. The molecule has 3 aromatic rings. The summed E-state index contributed by atoms with van der Waals surface area (Å²) < 4.78 is 11.4. The van der Waals surface area contributed by atoms with Gasteiger partial charge in [-0.1, -0.05) is 46.8 Å². The largest absolute Gasteiger partial charge is 0.506 e. The number of pyridine rings is 1. The van der Waals surface area contributed by atoms with Crippen LogP contribution in [0.25, 0.3) is 22.6 Å². The first-order chi connectivity index (χ1) is 18.6. The zero-order valence-electron chi connectivity index (χ0n) is 20.4. The second kappa shape index (κ2) is 14.9. The second-order valence-electron chi connectivity index (χ2n) is 7.55. The summed E-state index contributed by atoms with van der Waals surface area (Å²) >= 11 is 0. The minimum Gasteiger partial charge on any atom is -0.506 e. The Kier molecular flexibility index (Phi) is 10.7. The molecule has 12 nitrogen and oxygen atoms in total. The maximum Gasteiger partial charge on any atom is 0.167 e. The van der Waals surface area contributed by atoms with Crippen LogP contribution < -0.4 is 26.6 Å². The maximum absolute atomic E-state index is 9.77. The fourth-order valence-corrected chi connectivity index (χ4v) is 3.17. The Labute approximate surface area is 219 Å². The quantitative estimate of drug-likeness (QED) is 0.0584. The normalized spacial score (nSPS) is 11.7. The van der Waals surface area contributed by atoms with Gasteiger partial charge in [-0.15, -0.1) is 5.11 Å². The van der Waals surface area contributed by atoms with Crippen molar-refractivity contribution >= 4 is 17.8 Å². The van der Waals surface area contributed by atoms with Gasteiger partial charge in [-0.05, 0) is 60.0 Å². The molecule has 0 aliphatic rings. The topological polar surface area (TPSA) is 189 Å². The smallest absolute Gasteiger partial charge is 0.167 e. The summed E-state index contributed by atoms with van der Waals surface area (Å²) in [6.45, 7) is 0.153. The maximum atomic E-state index is 9.77. The standard InChI is InChI=1S/C26H27N9O3/c27-32-21(11-8-19-9-13-25(36)24(15-19)33-35-29)6-2-1-5-20-10-12-23(16-26(20)38-18-31-34-28)37-17-22-7-3-4-14-30-22/h1,3-16,32,36H,2,17-18,27H2,(H2,29,33)/b5-1+,11-8+,21-6-. The number of benzene rings is 2. The highest BCUT2D eigenvalue weighted by atomic mass is 16.5. The first-order valence-corrected chi connectivity index (χ1v) is 11.4. The van der Waals surface area contributed by atoms with E-state index in [1.165, 1.54) is 6.07 Å². The van der Waals surface area contributed by atoms with Gasteiger partial charge < -0.3 is 25.8 Å². The molecule has 0 atom stereocenters. The molecule has 3 rings (SSSR count). The van der Waals surface area contributed by atoms with E-state index in [0.29, 0.717) is 30.2 Å². The van der Waals surface area contributed by atoms with Gasteiger partial charge in [0.2, 0.25) is 0 Å². The van der Waals surface area contributed by atoms with E-state index in [1.54, 1.807) is 36.5 Å². The SMILES string of the molecule is [N-]=[N+]=NCOc1cc(OCc2ccccn2)ccc1/C=C/C/C=C(/C=C/c1ccc(O)c(N=NN)c1)NN.